The summed E-state index contributed by atoms with van der Waals surface area (Å²) in [6.07, 6.45) is 8.67. The van der Waals surface area contributed by atoms with E-state index in [2.05, 4.69) is 26.1 Å². The van der Waals surface area contributed by atoms with Crippen LogP contribution in [0.2, 0.25) is 0 Å². The quantitative estimate of drug-likeness (QED) is 0.351. The lowest BCUT2D eigenvalue weighted by Gasteiger charge is -1.96. The number of hydrogen-bond donors (Lipinski definition) is 1. The largest absolute Gasteiger partial charge is 0.148 e. The van der Waals surface area contributed by atoms with Crippen LogP contribution in [0, 0.1) is 0 Å². The average Bonchev–Trinajstić information content (AvgIpc) is 1.89. The summed E-state index contributed by atoms with van der Waals surface area (Å²) in [5.41, 5.74) is 0. The summed E-state index contributed by atoms with van der Waals surface area (Å²) in [7, 11) is 0. The van der Waals surface area contributed by atoms with Crippen LogP contribution in [0.3, 0.4) is 0 Å². The molecule has 10 heavy (non-hydrogen) atoms. The lowest BCUT2D eigenvalue weighted by atomic mass is 10.2. The summed E-state index contributed by atoms with van der Waals surface area (Å²) >= 11 is 4.27. The first kappa shape index (κ1) is 9.83. The molecule has 0 aliphatic carbocycles. The van der Waals surface area contributed by atoms with Gasteiger partial charge in [0.1, 0.15) is 0 Å². The zero-order chi connectivity index (χ0) is 7.82. The maximum absolute atomic E-state index is 4.27. The summed E-state index contributed by atoms with van der Waals surface area (Å²) < 4.78 is 0. The molecule has 0 bridgehead atoms. The summed E-state index contributed by atoms with van der Waals surface area (Å²) in [6, 6.07) is 0. The smallest absolute Gasteiger partial charge is 0.0184 e. The van der Waals surface area contributed by atoms with Gasteiger partial charge in [-0.15, -0.1) is 12.6 Å². The molecular formula is C9H16S. The third-order valence-electron chi connectivity index (χ3n) is 1.35. The van der Waals surface area contributed by atoms with Gasteiger partial charge in [0.2, 0.25) is 0 Å². The highest BCUT2D eigenvalue weighted by Gasteiger charge is 1.88. The zero-order valence-corrected chi connectivity index (χ0v) is 7.53. The van der Waals surface area contributed by atoms with Crippen molar-refractivity contribution >= 4 is 12.6 Å². The molecular weight excluding hydrogens is 140 g/mol. The van der Waals surface area contributed by atoms with Crippen LogP contribution < -0.4 is 0 Å². The molecule has 0 radical (unpaired) electrons. The normalized spacial score (nSPS) is 11.6. The second-order valence-corrected chi connectivity index (χ2v) is 2.93. The third-order valence-corrected chi connectivity index (χ3v) is 1.72. The lowest BCUT2D eigenvalue weighted by Crippen LogP contribution is -1.74. The second kappa shape index (κ2) is 6.94. The molecule has 1 heteroatoms. The van der Waals surface area contributed by atoms with Crippen molar-refractivity contribution in [3.05, 3.63) is 23.6 Å². The summed E-state index contributed by atoms with van der Waals surface area (Å²) in [5.74, 6) is 0. The van der Waals surface area contributed by atoms with Crippen molar-refractivity contribution in [2.75, 3.05) is 0 Å². The molecule has 0 aromatic rings. The minimum Gasteiger partial charge on any atom is -0.148 e. The Labute approximate surface area is 69.4 Å². The van der Waals surface area contributed by atoms with Gasteiger partial charge >= 0.3 is 0 Å². The van der Waals surface area contributed by atoms with E-state index in [4.69, 9.17) is 0 Å². The number of allylic oxidation sites excluding steroid dienone is 3. The third kappa shape index (κ3) is 5.96. The van der Waals surface area contributed by atoms with Crippen molar-refractivity contribution in [2.24, 2.45) is 0 Å². The van der Waals surface area contributed by atoms with Gasteiger partial charge in [0, 0.05) is 0 Å². The van der Waals surface area contributed by atoms with Crippen molar-refractivity contribution in [2.45, 2.75) is 32.6 Å². The minimum absolute atomic E-state index is 1.10. The zero-order valence-electron chi connectivity index (χ0n) is 6.64. The molecule has 0 unspecified atom stereocenters. The SMILES string of the molecule is C=C/C=C(/S)CCCCC. The van der Waals surface area contributed by atoms with Crippen LogP contribution in [0.1, 0.15) is 32.6 Å². The maximum atomic E-state index is 4.27. The van der Waals surface area contributed by atoms with E-state index < -0.39 is 0 Å². The van der Waals surface area contributed by atoms with Crippen molar-refractivity contribution < 1.29 is 0 Å². The van der Waals surface area contributed by atoms with Crippen LogP contribution in [0.15, 0.2) is 23.6 Å². The average molecular weight is 156 g/mol. The fourth-order valence-electron chi connectivity index (χ4n) is 0.775. The Balaban J connectivity index is 3.29. The molecule has 0 aliphatic heterocycles. The van der Waals surface area contributed by atoms with Crippen molar-refractivity contribution in [1.82, 2.24) is 0 Å². The Kier molecular flexibility index (Phi) is 6.83. The monoisotopic (exact) mass is 156 g/mol. The van der Waals surface area contributed by atoms with E-state index in [1.54, 1.807) is 6.08 Å². The fourth-order valence-corrected chi connectivity index (χ4v) is 1.04. The Morgan fingerprint density at radius 3 is 2.70 bits per heavy atom. The van der Waals surface area contributed by atoms with Crippen LogP contribution in [0.25, 0.3) is 0 Å². The van der Waals surface area contributed by atoms with Crippen molar-refractivity contribution in [3.8, 4) is 0 Å². The number of hydrogen-bond acceptors (Lipinski definition) is 1. The van der Waals surface area contributed by atoms with Gasteiger partial charge in [-0.25, -0.2) is 0 Å². The molecule has 0 heterocycles. The number of unbranched alkanes of at least 4 members (excludes halogenated alkanes) is 2. The van der Waals surface area contributed by atoms with E-state index in [0.29, 0.717) is 0 Å². The first-order valence-electron chi connectivity index (χ1n) is 3.81. The molecule has 0 rings (SSSR count). The van der Waals surface area contributed by atoms with E-state index >= 15 is 0 Å². The Hall–Kier alpha value is -0.170. The van der Waals surface area contributed by atoms with Crippen molar-refractivity contribution in [1.29, 1.82) is 0 Å². The van der Waals surface area contributed by atoms with Gasteiger partial charge < -0.3 is 0 Å². The predicted molar refractivity (Wildman–Crippen MR) is 51.4 cm³/mol. The highest BCUT2D eigenvalue weighted by Crippen LogP contribution is 2.11. The first-order chi connectivity index (χ1) is 4.81. The number of thiol groups is 1. The fraction of sp³-hybridized carbons (Fsp3) is 0.556. The molecule has 0 atom stereocenters. The minimum atomic E-state index is 1.10. The Morgan fingerprint density at radius 1 is 1.50 bits per heavy atom. The second-order valence-electron chi connectivity index (χ2n) is 2.35. The van der Waals surface area contributed by atoms with E-state index in [0.717, 1.165) is 11.3 Å². The first-order valence-corrected chi connectivity index (χ1v) is 4.26. The molecule has 0 nitrogen and oxygen atoms in total. The predicted octanol–water partition coefficient (Wildman–Crippen LogP) is 3.57. The van der Waals surface area contributed by atoms with Crippen LogP contribution in [0.5, 0.6) is 0 Å². The van der Waals surface area contributed by atoms with Crippen molar-refractivity contribution in [3.63, 3.8) is 0 Å². The molecule has 0 aromatic heterocycles. The molecule has 0 fully saturated rings. The highest BCUT2D eigenvalue weighted by molar-refractivity contribution is 7.84. The van der Waals surface area contributed by atoms with Gasteiger partial charge in [-0.05, 0) is 17.7 Å². The standard InChI is InChI=1S/C9H16S/c1-3-5-6-8-9(10)7-4-2/h4,7,10H,2-3,5-6,8H2,1H3/b9-7+. The Bertz CT molecular complexity index is 114. The van der Waals surface area contributed by atoms with Gasteiger partial charge in [0.15, 0.2) is 0 Å². The summed E-state index contributed by atoms with van der Waals surface area (Å²) in [4.78, 5) is 1.14. The molecule has 0 amide bonds. The molecule has 0 saturated heterocycles. The van der Waals surface area contributed by atoms with Gasteiger partial charge in [0.05, 0.1) is 0 Å². The molecule has 0 N–H and O–H groups in total. The van der Waals surface area contributed by atoms with E-state index in [1.165, 1.54) is 19.3 Å². The highest BCUT2D eigenvalue weighted by atomic mass is 32.1. The summed E-state index contributed by atoms with van der Waals surface area (Å²) in [5, 5.41) is 0. The van der Waals surface area contributed by atoms with Gasteiger partial charge in [-0.1, -0.05) is 38.5 Å². The topological polar surface area (TPSA) is 0 Å². The molecule has 0 saturated carbocycles. The van der Waals surface area contributed by atoms with Crippen LogP contribution in [0.4, 0.5) is 0 Å². The molecule has 58 valence electrons. The summed E-state index contributed by atoms with van der Waals surface area (Å²) in [6.45, 7) is 5.81. The van der Waals surface area contributed by atoms with Gasteiger partial charge in [-0.3, -0.25) is 0 Å². The van der Waals surface area contributed by atoms with Crippen LogP contribution >= 0.6 is 12.6 Å². The maximum Gasteiger partial charge on any atom is -0.0184 e. The van der Waals surface area contributed by atoms with E-state index in [1.807, 2.05) is 6.08 Å². The van der Waals surface area contributed by atoms with E-state index in [9.17, 15) is 0 Å². The van der Waals surface area contributed by atoms with Gasteiger partial charge in [0.25, 0.3) is 0 Å². The molecule has 0 spiro atoms. The lowest BCUT2D eigenvalue weighted by molar-refractivity contribution is 0.726. The number of rotatable bonds is 5. The van der Waals surface area contributed by atoms with Crippen LogP contribution in [-0.4, -0.2) is 0 Å². The van der Waals surface area contributed by atoms with E-state index in [-0.39, 0.29) is 0 Å². The molecule has 0 aliphatic rings. The Morgan fingerprint density at radius 2 is 2.20 bits per heavy atom. The van der Waals surface area contributed by atoms with Crippen LogP contribution in [-0.2, 0) is 0 Å². The molecule has 0 aromatic carbocycles. The van der Waals surface area contributed by atoms with Gasteiger partial charge in [-0.2, -0.15) is 0 Å².